The van der Waals surface area contributed by atoms with Crippen molar-refractivity contribution in [2.45, 2.75) is 13.8 Å². The van der Waals surface area contributed by atoms with Gasteiger partial charge in [-0.1, -0.05) is 145 Å². The van der Waals surface area contributed by atoms with Gasteiger partial charge in [0, 0.05) is 45.5 Å². The van der Waals surface area contributed by atoms with E-state index in [9.17, 15) is 0 Å². The summed E-state index contributed by atoms with van der Waals surface area (Å²) in [7, 11) is -2.87. The molecule has 9 aromatic carbocycles. The third kappa shape index (κ3) is 4.78. The predicted octanol–water partition coefficient (Wildman–Crippen LogP) is 9.65. The van der Waals surface area contributed by atoms with Crippen molar-refractivity contribution in [2.24, 2.45) is 0 Å². The molecule has 0 radical (unpaired) electrons. The molecule has 4 aliphatic heterocycles. The molecule has 62 heavy (non-hydrogen) atoms. The van der Waals surface area contributed by atoms with Crippen molar-refractivity contribution < 1.29 is 4.74 Å². The Morgan fingerprint density at radius 2 is 0.774 bits per heavy atom. The SMILES string of the molecule is Cc1ccc2c(c1)[Si](c1ccccc1)(c1ccccc1)c1cc(C)ccc1N2c1cc2c3c(c1)N(c1ccccc1)c1cccc4c1B3c1c(cccc1N2c1ccccc1)O4. The van der Waals surface area contributed by atoms with Crippen LogP contribution in [0.25, 0.3) is 0 Å². The number of rotatable bonds is 5. The highest BCUT2D eigenvalue weighted by atomic mass is 28.3. The monoisotopic (exact) mass is 809 g/mol. The number of hydrogen-bond acceptors (Lipinski definition) is 4. The number of aryl methyl sites for hydroxylation is 2. The van der Waals surface area contributed by atoms with Crippen molar-refractivity contribution in [1.82, 2.24) is 0 Å². The fourth-order valence-electron chi connectivity index (χ4n) is 11.1. The Kier molecular flexibility index (Phi) is 7.52. The molecule has 13 rings (SSSR count). The molecule has 292 valence electrons. The summed E-state index contributed by atoms with van der Waals surface area (Å²) in [5.74, 6) is 1.83. The fourth-order valence-corrected chi connectivity index (χ4v) is 16.4. The highest BCUT2D eigenvalue weighted by Gasteiger charge is 2.51. The van der Waals surface area contributed by atoms with Crippen LogP contribution in [0, 0.1) is 13.8 Å². The van der Waals surface area contributed by atoms with Crippen LogP contribution in [0.4, 0.5) is 51.2 Å². The van der Waals surface area contributed by atoms with Crippen LogP contribution in [0.1, 0.15) is 11.1 Å². The van der Waals surface area contributed by atoms with Gasteiger partial charge in [0.25, 0.3) is 6.71 Å². The molecule has 0 unspecified atom stereocenters. The molecule has 0 atom stereocenters. The smallest absolute Gasteiger partial charge is 0.261 e. The third-order valence-corrected chi connectivity index (χ3v) is 18.4. The molecule has 4 aliphatic rings. The Balaban J connectivity index is 1.16. The molecular formula is C56H40BN3OSi. The average Bonchev–Trinajstić information content (AvgIpc) is 3.32. The lowest BCUT2D eigenvalue weighted by Gasteiger charge is -2.48. The van der Waals surface area contributed by atoms with Gasteiger partial charge < -0.3 is 19.4 Å². The van der Waals surface area contributed by atoms with E-state index in [0.29, 0.717) is 0 Å². The largest absolute Gasteiger partial charge is 0.458 e. The maximum absolute atomic E-state index is 6.87. The molecule has 0 saturated heterocycles. The van der Waals surface area contributed by atoms with E-state index in [1.807, 2.05) is 0 Å². The van der Waals surface area contributed by atoms with Crippen LogP contribution in [-0.2, 0) is 0 Å². The van der Waals surface area contributed by atoms with Crippen molar-refractivity contribution in [2.75, 3.05) is 14.7 Å². The van der Waals surface area contributed by atoms with Gasteiger partial charge >= 0.3 is 0 Å². The van der Waals surface area contributed by atoms with Crippen LogP contribution >= 0.6 is 0 Å². The number of ether oxygens (including phenoxy) is 1. The highest BCUT2D eigenvalue weighted by molar-refractivity contribution is 7.21. The van der Waals surface area contributed by atoms with E-state index < -0.39 is 8.07 Å². The molecule has 0 saturated carbocycles. The van der Waals surface area contributed by atoms with Crippen molar-refractivity contribution in [3.8, 4) is 11.5 Å². The summed E-state index contributed by atoms with van der Waals surface area (Å²) in [6.45, 7) is 4.48. The molecule has 0 N–H and O–H groups in total. The van der Waals surface area contributed by atoms with Gasteiger partial charge in [-0.25, -0.2) is 0 Å². The molecule has 0 fully saturated rings. The first kappa shape index (κ1) is 35.2. The highest BCUT2D eigenvalue weighted by Crippen LogP contribution is 2.51. The minimum absolute atomic E-state index is 0.0115. The second-order valence-electron chi connectivity index (χ2n) is 17.0. The van der Waals surface area contributed by atoms with E-state index in [2.05, 4.69) is 235 Å². The normalized spacial score (nSPS) is 14.4. The van der Waals surface area contributed by atoms with Crippen molar-refractivity contribution in [3.05, 3.63) is 217 Å². The van der Waals surface area contributed by atoms with Crippen molar-refractivity contribution in [3.63, 3.8) is 0 Å². The summed E-state index contributed by atoms with van der Waals surface area (Å²) in [6, 6.07) is 76.8. The number of nitrogens with zero attached hydrogens (tertiary/aromatic N) is 3. The zero-order valence-corrected chi connectivity index (χ0v) is 35.5. The van der Waals surface area contributed by atoms with E-state index in [4.69, 9.17) is 4.74 Å². The van der Waals surface area contributed by atoms with Gasteiger partial charge in [-0.3, -0.25) is 0 Å². The standard InChI is InChI=1S/C56H40BN3OSi/c1-37-29-31-44-52(33-37)62(42-21-11-5-12-22-42,43-23-13-6-14-24-43)53-34-38(2)30-32-45(53)60(44)41-35-48-54-49(36-41)59(40-19-9-4-10-20-40)47-26-16-28-51-56(47)57(54)55-46(25-15-27-50(55)61-51)58(48)39-17-7-3-8-18-39/h3-36H,1-2H3. The topological polar surface area (TPSA) is 19.0 Å². The van der Waals surface area contributed by atoms with E-state index in [0.717, 1.165) is 39.9 Å². The van der Waals surface area contributed by atoms with Gasteiger partial charge in [-0.2, -0.15) is 0 Å². The van der Waals surface area contributed by atoms with E-state index in [1.165, 1.54) is 71.0 Å². The summed E-state index contributed by atoms with van der Waals surface area (Å²) >= 11 is 0. The molecule has 9 aromatic rings. The predicted molar refractivity (Wildman–Crippen MR) is 262 cm³/mol. The minimum Gasteiger partial charge on any atom is -0.458 e. The van der Waals surface area contributed by atoms with Gasteiger partial charge in [-0.15, -0.1) is 0 Å². The third-order valence-electron chi connectivity index (χ3n) is 13.6. The fraction of sp³-hybridized carbons (Fsp3) is 0.0357. The zero-order chi connectivity index (χ0) is 41.1. The van der Waals surface area contributed by atoms with E-state index >= 15 is 0 Å². The Morgan fingerprint density at radius 1 is 0.355 bits per heavy atom. The Labute approximate surface area is 363 Å². The molecule has 0 aliphatic carbocycles. The van der Waals surface area contributed by atoms with Crippen LogP contribution in [0.3, 0.4) is 0 Å². The Hall–Kier alpha value is -7.54. The maximum Gasteiger partial charge on any atom is 0.261 e. The van der Waals surface area contributed by atoms with Crippen LogP contribution in [0.2, 0.25) is 0 Å². The Morgan fingerprint density at radius 3 is 1.23 bits per heavy atom. The zero-order valence-electron chi connectivity index (χ0n) is 34.5. The summed E-state index contributed by atoms with van der Waals surface area (Å²) < 4.78 is 6.87. The van der Waals surface area contributed by atoms with Gasteiger partial charge in [0.2, 0.25) is 0 Å². The molecular weight excluding hydrogens is 770 g/mol. The number of benzene rings is 9. The molecule has 0 amide bonds. The minimum atomic E-state index is -2.87. The summed E-state index contributed by atoms with van der Waals surface area (Å²) in [6.07, 6.45) is 0. The van der Waals surface area contributed by atoms with E-state index in [1.54, 1.807) is 0 Å². The summed E-state index contributed by atoms with van der Waals surface area (Å²) in [5, 5.41) is 5.56. The molecule has 0 bridgehead atoms. The van der Waals surface area contributed by atoms with Crippen LogP contribution in [0.15, 0.2) is 206 Å². The number of hydrogen-bond donors (Lipinski definition) is 0. The lowest BCUT2D eigenvalue weighted by Crippen LogP contribution is -2.77. The van der Waals surface area contributed by atoms with Gasteiger partial charge in [0.1, 0.15) is 11.5 Å². The Bertz CT molecular complexity index is 3060. The van der Waals surface area contributed by atoms with E-state index in [-0.39, 0.29) is 6.71 Å². The average molecular weight is 810 g/mol. The quantitative estimate of drug-likeness (QED) is 0.161. The summed E-state index contributed by atoms with van der Waals surface area (Å²) in [4.78, 5) is 7.53. The molecule has 6 heteroatoms. The second kappa shape index (κ2) is 13.2. The van der Waals surface area contributed by atoms with Crippen molar-refractivity contribution in [1.29, 1.82) is 0 Å². The number of anilines is 9. The molecule has 0 aromatic heterocycles. The van der Waals surface area contributed by atoms with Crippen molar-refractivity contribution >= 4 is 103 Å². The van der Waals surface area contributed by atoms with Crippen LogP contribution < -0.4 is 56.6 Å². The lowest BCUT2D eigenvalue weighted by atomic mass is 9.32. The first-order chi connectivity index (χ1) is 30.6. The molecule has 0 spiro atoms. The van der Waals surface area contributed by atoms with Crippen LogP contribution in [0.5, 0.6) is 11.5 Å². The summed E-state index contributed by atoms with van der Waals surface area (Å²) in [5.41, 5.74) is 16.6. The van der Waals surface area contributed by atoms with Gasteiger partial charge in [-0.05, 0) is 124 Å². The number of fused-ring (bicyclic) bond motifs is 2. The molecule has 4 nitrogen and oxygen atoms in total. The van der Waals surface area contributed by atoms with Gasteiger partial charge in [0.15, 0.2) is 8.07 Å². The van der Waals surface area contributed by atoms with Crippen LogP contribution in [-0.4, -0.2) is 14.8 Å². The first-order valence-electron chi connectivity index (χ1n) is 21.5. The first-order valence-corrected chi connectivity index (χ1v) is 23.5. The van der Waals surface area contributed by atoms with Gasteiger partial charge in [0.05, 0.1) is 5.69 Å². The lowest BCUT2D eigenvalue weighted by molar-refractivity contribution is 0.487. The number of para-hydroxylation sites is 2. The maximum atomic E-state index is 6.87. The second-order valence-corrected chi connectivity index (χ2v) is 20.7. The molecule has 4 heterocycles.